The number of aromatic nitrogens is 4. The molecule has 1 unspecified atom stereocenters. The molecule has 164 valence electrons. The van der Waals surface area contributed by atoms with E-state index < -0.39 is 10.0 Å². The third-order valence-corrected chi connectivity index (χ3v) is 7.97. The lowest BCUT2D eigenvalue weighted by Gasteiger charge is -2.35. The molecule has 0 N–H and O–H groups in total. The summed E-state index contributed by atoms with van der Waals surface area (Å²) in [6.45, 7) is 9.75. The summed E-state index contributed by atoms with van der Waals surface area (Å²) in [4.78, 5) is 8.68. The van der Waals surface area contributed by atoms with Gasteiger partial charge < -0.3 is 14.4 Å². The molecule has 2 aliphatic heterocycles. The molecule has 0 bridgehead atoms. The smallest absolute Gasteiger partial charge is 0.262 e. The first-order chi connectivity index (χ1) is 14.4. The molecule has 2 aromatic heterocycles. The van der Waals surface area contributed by atoms with Gasteiger partial charge in [-0.25, -0.2) is 13.4 Å². The lowest BCUT2D eigenvalue weighted by Crippen LogP contribution is -2.49. The van der Waals surface area contributed by atoms with E-state index in [-0.39, 0.29) is 5.03 Å². The minimum atomic E-state index is -3.57. The van der Waals surface area contributed by atoms with Gasteiger partial charge in [0.05, 0.1) is 0 Å². The van der Waals surface area contributed by atoms with E-state index in [9.17, 15) is 8.42 Å². The highest BCUT2D eigenvalue weighted by molar-refractivity contribution is 7.89. The quantitative estimate of drug-likeness (QED) is 0.711. The van der Waals surface area contributed by atoms with E-state index in [2.05, 4.69) is 31.9 Å². The van der Waals surface area contributed by atoms with Crippen molar-refractivity contribution in [3.8, 4) is 0 Å². The maximum Gasteiger partial charge on any atom is 0.262 e. The maximum absolute atomic E-state index is 13.0. The van der Waals surface area contributed by atoms with Gasteiger partial charge in [-0.15, -0.1) is 10.2 Å². The number of aryl methyl sites for hydroxylation is 2. The van der Waals surface area contributed by atoms with Crippen LogP contribution in [0.3, 0.4) is 0 Å². The predicted molar refractivity (Wildman–Crippen MR) is 116 cm³/mol. The van der Waals surface area contributed by atoms with Crippen LogP contribution in [0.1, 0.15) is 38.9 Å². The summed E-state index contributed by atoms with van der Waals surface area (Å²) in [5.74, 6) is 2.44. The van der Waals surface area contributed by atoms with Crippen LogP contribution < -0.4 is 9.80 Å². The topological polar surface area (TPSA) is 87.5 Å². The largest absolute Gasteiger partial charge is 0.352 e. The number of rotatable bonds is 5. The van der Waals surface area contributed by atoms with Gasteiger partial charge in [-0.1, -0.05) is 0 Å². The highest BCUT2D eigenvalue weighted by atomic mass is 32.2. The summed E-state index contributed by atoms with van der Waals surface area (Å²) in [6, 6.07) is 4.53. The Morgan fingerprint density at radius 1 is 1.03 bits per heavy atom. The number of piperidine rings is 1. The zero-order valence-corrected chi connectivity index (χ0v) is 18.8. The number of piperazine rings is 1. The van der Waals surface area contributed by atoms with Crippen LogP contribution in [-0.2, 0) is 16.6 Å². The maximum atomic E-state index is 13.0. The number of hydrogen-bond donors (Lipinski definition) is 0. The first kappa shape index (κ1) is 21.0. The summed E-state index contributed by atoms with van der Waals surface area (Å²) in [7, 11) is -3.57. The number of anilines is 2. The van der Waals surface area contributed by atoms with Gasteiger partial charge in [0.2, 0.25) is 0 Å². The molecule has 1 atom stereocenters. The molecule has 2 saturated heterocycles. The fraction of sp³-hybridized carbons (Fsp3) is 0.650. The van der Waals surface area contributed by atoms with Crippen molar-refractivity contribution in [3.05, 3.63) is 24.2 Å². The Morgan fingerprint density at radius 2 is 1.73 bits per heavy atom. The third kappa shape index (κ3) is 4.02. The van der Waals surface area contributed by atoms with Gasteiger partial charge in [-0.2, -0.15) is 4.31 Å². The summed E-state index contributed by atoms with van der Waals surface area (Å²) in [5, 5.41) is 9.02. The molecule has 0 spiro atoms. The Bertz CT molecular complexity index is 966. The van der Waals surface area contributed by atoms with Gasteiger partial charge in [-0.05, 0) is 52.2 Å². The van der Waals surface area contributed by atoms with Crippen molar-refractivity contribution in [1.29, 1.82) is 0 Å². The van der Waals surface area contributed by atoms with Gasteiger partial charge in [0, 0.05) is 51.5 Å². The zero-order valence-electron chi connectivity index (χ0n) is 18.0. The first-order valence-electron chi connectivity index (χ1n) is 10.8. The van der Waals surface area contributed by atoms with Crippen LogP contribution >= 0.6 is 0 Å². The summed E-state index contributed by atoms with van der Waals surface area (Å²) < 4.78 is 29.3. The second-order valence-corrected chi connectivity index (χ2v) is 9.98. The van der Waals surface area contributed by atoms with Crippen molar-refractivity contribution in [2.75, 3.05) is 42.5 Å². The molecule has 2 aliphatic rings. The van der Waals surface area contributed by atoms with E-state index in [0.717, 1.165) is 18.2 Å². The molecule has 0 aliphatic carbocycles. The summed E-state index contributed by atoms with van der Waals surface area (Å²) >= 11 is 0. The molecule has 30 heavy (non-hydrogen) atoms. The van der Waals surface area contributed by atoms with E-state index in [4.69, 9.17) is 0 Å². The van der Waals surface area contributed by atoms with E-state index >= 15 is 0 Å². The summed E-state index contributed by atoms with van der Waals surface area (Å²) in [6.07, 6.45) is 5.29. The molecule has 4 heterocycles. The highest BCUT2D eigenvalue weighted by Crippen LogP contribution is 2.24. The Balaban J connectivity index is 1.40. The molecule has 9 nitrogen and oxygen atoms in total. The molecule has 0 aromatic carbocycles. The van der Waals surface area contributed by atoms with Crippen molar-refractivity contribution >= 4 is 21.7 Å². The molecule has 0 amide bonds. The second kappa shape index (κ2) is 8.50. The Hall–Kier alpha value is -2.20. The standard InChI is InChI=1S/C20H31N7O2S/c1-4-24-15-20(21-17(24)3)30(28,29)26-13-11-25(12-14-26)18-8-9-19(23-22-18)27-10-6-5-7-16(27)2/h8-9,15-16H,4-7,10-14H2,1-3H3. The normalized spacial score (nSPS) is 21.2. The molecule has 2 fully saturated rings. The van der Waals surface area contributed by atoms with Crippen molar-refractivity contribution in [3.63, 3.8) is 0 Å². The van der Waals surface area contributed by atoms with E-state index in [1.54, 1.807) is 6.20 Å². The SMILES string of the molecule is CCn1cc(S(=O)(=O)N2CCN(c3ccc(N4CCCCC4C)nn3)CC2)nc1C. The van der Waals surface area contributed by atoms with E-state index in [0.29, 0.717) is 44.6 Å². The molecule has 2 aromatic rings. The highest BCUT2D eigenvalue weighted by Gasteiger charge is 2.31. The minimum absolute atomic E-state index is 0.134. The number of sulfonamides is 1. The molecular weight excluding hydrogens is 402 g/mol. The Morgan fingerprint density at radius 3 is 2.33 bits per heavy atom. The molecule has 0 radical (unpaired) electrons. The second-order valence-electron chi connectivity index (χ2n) is 8.09. The van der Waals surface area contributed by atoms with Gasteiger partial charge in [-0.3, -0.25) is 0 Å². The van der Waals surface area contributed by atoms with Gasteiger partial charge in [0.25, 0.3) is 10.0 Å². The molecule has 4 rings (SSSR count). The van der Waals surface area contributed by atoms with Crippen LogP contribution in [0.4, 0.5) is 11.6 Å². The summed E-state index contributed by atoms with van der Waals surface area (Å²) in [5.41, 5.74) is 0. The Labute approximate surface area is 178 Å². The van der Waals surface area contributed by atoms with Crippen LogP contribution in [0.15, 0.2) is 23.4 Å². The lowest BCUT2D eigenvalue weighted by atomic mass is 10.0. The molecule has 0 saturated carbocycles. The average Bonchev–Trinajstić information content (AvgIpc) is 3.16. The fourth-order valence-electron chi connectivity index (χ4n) is 4.29. The average molecular weight is 434 g/mol. The van der Waals surface area contributed by atoms with E-state index in [1.807, 2.05) is 30.5 Å². The van der Waals surface area contributed by atoms with Gasteiger partial charge in [0.1, 0.15) is 5.82 Å². The van der Waals surface area contributed by atoms with E-state index in [1.165, 1.54) is 23.6 Å². The third-order valence-electron chi connectivity index (χ3n) is 6.20. The van der Waals surface area contributed by atoms with Gasteiger partial charge in [0.15, 0.2) is 16.7 Å². The van der Waals surface area contributed by atoms with Crippen LogP contribution in [0, 0.1) is 6.92 Å². The van der Waals surface area contributed by atoms with Crippen LogP contribution in [0.2, 0.25) is 0 Å². The van der Waals surface area contributed by atoms with Crippen molar-refractivity contribution in [1.82, 2.24) is 24.1 Å². The number of nitrogens with zero attached hydrogens (tertiary/aromatic N) is 7. The lowest BCUT2D eigenvalue weighted by molar-refractivity contribution is 0.382. The van der Waals surface area contributed by atoms with Crippen LogP contribution in [-0.4, -0.2) is 71.2 Å². The van der Waals surface area contributed by atoms with Crippen molar-refractivity contribution in [2.45, 2.75) is 57.6 Å². The minimum Gasteiger partial charge on any atom is -0.352 e. The fourth-order valence-corrected chi connectivity index (χ4v) is 5.71. The van der Waals surface area contributed by atoms with Gasteiger partial charge >= 0.3 is 0 Å². The number of hydrogen-bond acceptors (Lipinski definition) is 7. The van der Waals surface area contributed by atoms with Crippen molar-refractivity contribution < 1.29 is 8.42 Å². The molecule has 10 heteroatoms. The van der Waals surface area contributed by atoms with Crippen LogP contribution in [0.25, 0.3) is 0 Å². The first-order valence-corrected chi connectivity index (χ1v) is 12.2. The number of imidazole rings is 1. The predicted octanol–water partition coefficient (Wildman–Crippen LogP) is 1.89. The Kier molecular flexibility index (Phi) is 5.97. The van der Waals surface area contributed by atoms with Crippen molar-refractivity contribution in [2.24, 2.45) is 0 Å². The monoisotopic (exact) mass is 433 g/mol. The zero-order chi connectivity index (χ0) is 21.3. The molecular formula is C20H31N7O2S. The van der Waals surface area contributed by atoms with Crippen LogP contribution in [0.5, 0.6) is 0 Å².